The third kappa shape index (κ3) is 8.79. The van der Waals surface area contributed by atoms with Gasteiger partial charge in [-0.3, -0.25) is 4.79 Å². The lowest BCUT2D eigenvalue weighted by Crippen LogP contribution is -2.58. The molecule has 1 aliphatic carbocycles. The molecule has 54 heavy (non-hydrogen) atoms. The second-order valence-electron chi connectivity index (χ2n) is 16.5. The fourth-order valence-corrected chi connectivity index (χ4v) is 11.2. The molecular formula is C41H59FN6O5S. The van der Waals surface area contributed by atoms with Crippen molar-refractivity contribution in [3.8, 4) is 0 Å². The zero-order valence-corrected chi connectivity index (χ0v) is 33.4. The van der Waals surface area contributed by atoms with Crippen LogP contribution in [0.25, 0.3) is 0 Å². The maximum atomic E-state index is 14.9. The van der Waals surface area contributed by atoms with Crippen molar-refractivity contribution in [3.63, 3.8) is 0 Å². The summed E-state index contributed by atoms with van der Waals surface area (Å²) in [5.41, 5.74) is 1.72. The Morgan fingerprint density at radius 2 is 1.67 bits per heavy atom. The summed E-state index contributed by atoms with van der Waals surface area (Å²) in [6.45, 7) is 6.65. The Morgan fingerprint density at radius 3 is 2.30 bits per heavy atom. The molecule has 4 fully saturated rings. The highest BCUT2D eigenvalue weighted by Gasteiger charge is 2.52. The van der Waals surface area contributed by atoms with Gasteiger partial charge in [-0.15, -0.1) is 0 Å². The van der Waals surface area contributed by atoms with Crippen LogP contribution in [0.2, 0.25) is 0 Å². The van der Waals surface area contributed by atoms with Crippen LogP contribution in [0.5, 0.6) is 0 Å². The SMILES string of the molecule is COC(=O)N[C@H]1CCC[C@@H]1C(CN(C)C)(c1cccc(F)c1)C1CCN(CC2CN(c3ccc(S(=O)(=O)C4CN(C(=O)/C=C/CN(C)C)C4)cc3)C2)CC1. The van der Waals surface area contributed by atoms with Crippen LogP contribution in [-0.4, -0.2) is 146 Å². The third-order valence-electron chi connectivity index (χ3n) is 12.3. The molecular weight excluding hydrogens is 708 g/mol. The predicted octanol–water partition coefficient (Wildman–Crippen LogP) is 4.10. The standard InChI is InChI=1S/C41H59FN6O5S/c1-44(2)20-8-13-39(49)48-27-36(28-48)54(51,52)35-16-14-34(15-17-35)47-25-30(26-47)24-46-21-18-31(19-22-46)41(29-45(3)4,32-9-6-10-33(42)23-32)37-11-7-12-38(37)43-40(50)53-5/h6,8-10,13-17,23,30-31,36-38H,7,11-12,18-22,24-29H2,1-5H3,(H,43,50)/b13-8+/t37-,38-,41?/m0/s1. The molecule has 3 saturated heterocycles. The minimum absolute atomic E-state index is 0.0336. The lowest BCUT2D eigenvalue weighted by molar-refractivity contribution is -0.129. The van der Waals surface area contributed by atoms with Crippen LogP contribution in [0.3, 0.4) is 0 Å². The molecule has 2 aromatic rings. The number of methoxy groups -OCH3 is 1. The summed E-state index contributed by atoms with van der Waals surface area (Å²) in [5, 5.41) is 2.57. The van der Waals surface area contributed by atoms with Crippen LogP contribution in [0, 0.1) is 23.6 Å². The first-order valence-corrected chi connectivity index (χ1v) is 21.0. The third-order valence-corrected chi connectivity index (χ3v) is 14.4. The van der Waals surface area contributed by atoms with Crippen LogP contribution < -0.4 is 10.2 Å². The first kappa shape index (κ1) is 40.2. The van der Waals surface area contributed by atoms with E-state index in [1.807, 2.05) is 37.2 Å². The van der Waals surface area contributed by atoms with Gasteiger partial charge in [0.15, 0.2) is 9.84 Å². The summed E-state index contributed by atoms with van der Waals surface area (Å²) in [6.07, 6.45) is 7.77. The van der Waals surface area contributed by atoms with E-state index in [0.717, 1.165) is 82.6 Å². The quantitative estimate of drug-likeness (QED) is 0.285. The van der Waals surface area contributed by atoms with Crippen molar-refractivity contribution in [1.82, 2.24) is 24.9 Å². The van der Waals surface area contributed by atoms with E-state index >= 15 is 0 Å². The molecule has 1 N–H and O–H groups in total. The molecule has 0 bridgehead atoms. The summed E-state index contributed by atoms with van der Waals surface area (Å²) in [5.74, 6) is 0.630. The molecule has 1 saturated carbocycles. The largest absolute Gasteiger partial charge is 0.453 e. The lowest BCUT2D eigenvalue weighted by atomic mass is 9.58. The number of sulfone groups is 1. The molecule has 13 heteroatoms. The van der Waals surface area contributed by atoms with E-state index in [9.17, 15) is 22.4 Å². The average molecular weight is 767 g/mol. The number of nitrogens with zero attached hydrogens (tertiary/aromatic N) is 5. The van der Waals surface area contributed by atoms with Crippen LogP contribution >= 0.6 is 0 Å². The van der Waals surface area contributed by atoms with Crippen LogP contribution in [0.15, 0.2) is 65.6 Å². The number of hydrogen-bond donors (Lipinski definition) is 1. The van der Waals surface area contributed by atoms with Gasteiger partial charge in [0.25, 0.3) is 0 Å². The normalized spacial score (nSPS) is 23.1. The number of likely N-dealkylation sites (N-methyl/N-ethyl adjacent to an activating group) is 2. The van der Waals surface area contributed by atoms with Crippen molar-refractivity contribution in [3.05, 3.63) is 72.1 Å². The summed E-state index contributed by atoms with van der Waals surface area (Å²) in [6, 6.07) is 14.4. The molecule has 11 nitrogen and oxygen atoms in total. The van der Waals surface area contributed by atoms with Crippen molar-refractivity contribution in [1.29, 1.82) is 0 Å². The van der Waals surface area contributed by atoms with Gasteiger partial charge in [-0.1, -0.05) is 24.6 Å². The van der Waals surface area contributed by atoms with E-state index in [2.05, 4.69) is 40.2 Å². The molecule has 2 amide bonds. The number of ether oxygens (including phenoxy) is 1. The number of likely N-dealkylation sites (tertiary alicyclic amines) is 2. The maximum Gasteiger partial charge on any atom is 0.407 e. The van der Waals surface area contributed by atoms with Crippen molar-refractivity contribution in [2.45, 2.75) is 53.7 Å². The number of anilines is 1. The van der Waals surface area contributed by atoms with Crippen molar-refractivity contribution in [2.75, 3.05) is 99.1 Å². The number of nitrogens with one attached hydrogen (secondary N) is 1. The number of carbonyl (C=O) groups is 2. The smallest absolute Gasteiger partial charge is 0.407 e. The van der Waals surface area contributed by atoms with Gasteiger partial charge >= 0.3 is 6.09 Å². The van der Waals surface area contributed by atoms with Gasteiger partial charge in [-0.2, -0.15) is 0 Å². The Labute approximate surface area is 321 Å². The summed E-state index contributed by atoms with van der Waals surface area (Å²) >= 11 is 0. The number of amides is 2. The monoisotopic (exact) mass is 766 g/mol. The average Bonchev–Trinajstić information content (AvgIpc) is 3.56. The highest BCUT2D eigenvalue weighted by molar-refractivity contribution is 7.92. The van der Waals surface area contributed by atoms with E-state index < -0.39 is 21.2 Å². The Hall–Kier alpha value is -3.52. The van der Waals surface area contributed by atoms with Crippen molar-refractivity contribution < 1.29 is 27.1 Å². The molecule has 1 unspecified atom stereocenters. The second kappa shape index (κ2) is 17.1. The fourth-order valence-electron chi connectivity index (χ4n) is 9.57. The van der Waals surface area contributed by atoms with Crippen molar-refractivity contribution in [2.24, 2.45) is 17.8 Å². The predicted molar refractivity (Wildman–Crippen MR) is 210 cm³/mol. The van der Waals surface area contributed by atoms with Gasteiger partial charge in [-0.05, 0) is 121 Å². The minimum Gasteiger partial charge on any atom is -0.453 e. The second-order valence-corrected chi connectivity index (χ2v) is 18.7. The number of rotatable bonds is 14. The molecule has 3 heterocycles. The highest BCUT2D eigenvalue weighted by atomic mass is 32.2. The van der Waals surface area contributed by atoms with Gasteiger partial charge in [0.1, 0.15) is 11.1 Å². The first-order chi connectivity index (χ1) is 25.8. The van der Waals surface area contributed by atoms with Gasteiger partial charge in [0, 0.05) is 75.0 Å². The Kier molecular flexibility index (Phi) is 12.7. The molecule has 2 aromatic carbocycles. The summed E-state index contributed by atoms with van der Waals surface area (Å²) in [4.78, 5) is 35.7. The van der Waals surface area contributed by atoms with E-state index in [0.29, 0.717) is 23.3 Å². The number of benzene rings is 2. The van der Waals surface area contributed by atoms with Crippen molar-refractivity contribution >= 4 is 27.5 Å². The Morgan fingerprint density at radius 1 is 0.963 bits per heavy atom. The number of carbonyl (C=O) groups excluding carboxylic acids is 2. The fraction of sp³-hybridized carbons (Fsp3) is 0.610. The molecule has 3 atom stereocenters. The molecule has 4 aliphatic rings. The zero-order valence-electron chi connectivity index (χ0n) is 32.6. The van der Waals surface area contributed by atoms with Crippen LogP contribution in [0.1, 0.15) is 37.7 Å². The summed E-state index contributed by atoms with van der Waals surface area (Å²) in [7, 11) is 5.92. The summed E-state index contributed by atoms with van der Waals surface area (Å²) < 4.78 is 46.5. The van der Waals surface area contributed by atoms with Gasteiger partial charge < -0.3 is 34.6 Å². The minimum atomic E-state index is -3.52. The molecule has 3 aliphatic heterocycles. The number of hydrogen-bond acceptors (Lipinski definition) is 9. The van der Waals surface area contributed by atoms with Crippen LogP contribution in [0.4, 0.5) is 14.9 Å². The Bertz CT molecular complexity index is 1740. The molecule has 6 rings (SSSR count). The van der Waals surface area contributed by atoms with E-state index in [1.54, 1.807) is 29.2 Å². The van der Waals surface area contributed by atoms with E-state index in [4.69, 9.17) is 4.74 Å². The topological polar surface area (TPSA) is 106 Å². The molecule has 0 radical (unpaired) electrons. The van der Waals surface area contributed by atoms with E-state index in [-0.39, 0.29) is 42.2 Å². The number of halogens is 1. The van der Waals surface area contributed by atoms with Crippen LogP contribution in [-0.2, 0) is 24.8 Å². The molecule has 296 valence electrons. The molecule has 0 aromatic heterocycles. The zero-order chi connectivity index (χ0) is 38.6. The Balaban J connectivity index is 1.04. The lowest BCUT2D eigenvalue weighted by Gasteiger charge is -2.52. The number of alkyl carbamates (subject to hydrolysis) is 1. The van der Waals surface area contributed by atoms with E-state index in [1.165, 1.54) is 19.3 Å². The first-order valence-electron chi connectivity index (χ1n) is 19.5. The maximum absolute atomic E-state index is 14.9. The van der Waals surface area contributed by atoms with Gasteiger partial charge in [0.05, 0.1) is 12.0 Å². The van der Waals surface area contributed by atoms with Gasteiger partial charge in [-0.25, -0.2) is 17.6 Å². The number of piperidine rings is 1. The highest BCUT2D eigenvalue weighted by Crippen LogP contribution is 2.51. The molecule has 0 spiro atoms. The van der Waals surface area contributed by atoms with Gasteiger partial charge in [0.2, 0.25) is 5.91 Å².